The third kappa shape index (κ3) is 3.97. The number of hydrogen-bond donors (Lipinski definition) is 0. The number of piperidine rings is 1. The molecule has 1 aliphatic heterocycles. The summed E-state index contributed by atoms with van der Waals surface area (Å²) >= 11 is 0. The van der Waals surface area contributed by atoms with Crippen molar-refractivity contribution >= 4 is 6.09 Å². The Morgan fingerprint density at radius 3 is 2.56 bits per heavy atom. The van der Waals surface area contributed by atoms with Crippen LogP contribution in [0.3, 0.4) is 0 Å². The largest absolute Gasteiger partial charge is 0.415 e. The van der Waals surface area contributed by atoms with Gasteiger partial charge in [-0.25, -0.2) is 9.18 Å². The van der Waals surface area contributed by atoms with Gasteiger partial charge < -0.3 is 9.64 Å². The number of carbonyl (C=O) groups is 1. The molecule has 0 spiro atoms. The second kappa shape index (κ2) is 7.57. The monoisotopic (exact) mass is 366 g/mol. The molecule has 0 bridgehead atoms. The Labute approximate surface area is 156 Å². The molecule has 4 rings (SSSR count). The molecule has 0 saturated carbocycles. The Balaban J connectivity index is 1.35. The quantitative estimate of drug-likeness (QED) is 0.705. The second-order valence-electron chi connectivity index (χ2n) is 6.49. The van der Waals surface area contributed by atoms with E-state index in [-0.39, 0.29) is 18.0 Å². The van der Waals surface area contributed by atoms with Crippen LogP contribution in [0.5, 0.6) is 5.75 Å². The zero-order valence-corrected chi connectivity index (χ0v) is 14.7. The summed E-state index contributed by atoms with van der Waals surface area (Å²) in [6.07, 6.45) is 8.16. The van der Waals surface area contributed by atoms with Gasteiger partial charge in [0, 0.05) is 31.0 Å². The summed E-state index contributed by atoms with van der Waals surface area (Å²) in [6.45, 7) is 1.21. The van der Waals surface area contributed by atoms with Crippen molar-refractivity contribution in [2.75, 3.05) is 13.1 Å². The fraction of sp³-hybridized carbons (Fsp3) is 0.250. The van der Waals surface area contributed by atoms with Crippen molar-refractivity contribution in [2.45, 2.75) is 18.9 Å². The van der Waals surface area contributed by atoms with E-state index in [1.807, 2.05) is 10.9 Å². The van der Waals surface area contributed by atoms with Gasteiger partial charge in [0.05, 0.1) is 18.4 Å². The van der Waals surface area contributed by atoms with Crippen LogP contribution in [0.25, 0.3) is 11.1 Å². The predicted octanol–water partition coefficient (Wildman–Crippen LogP) is 3.92. The minimum Gasteiger partial charge on any atom is -0.409 e. The van der Waals surface area contributed by atoms with Gasteiger partial charge in [0.2, 0.25) is 0 Å². The summed E-state index contributed by atoms with van der Waals surface area (Å²) in [7, 11) is 0. The highest BCUT2D eigenvalue weighted by Gasteiger charge is 2.25. The van der Waals surface area contributed by atoms with Crippen molar-refractivity contribution in [1.29, 1.82) is 0 Å². The molecule has 0 atom stereocenters. The number of halogens is 1. The zero-order chi connectivity index (χ0) is 18.6. The SMILES string of the molecule is O=C(Oc1cccnc1)N1CCC(n2cc(-c3ccc(F)cc3)cn2)CC1. The maximum Gasteiger partial charge on any atom is 0.415 e. The predicted molar refractivity (Wildman–Crippen MR) is 97.7 cm³/mol. The van der Waals surface area contributed by atoms with Crippen LogP contribution in [0, 0.1) is 5.82 Å². The van der Waals surface area contributed by atoms with E-state index >= 15 is 0 Å². The molecular formula is C20H19FN4O2. The molecule has 2 aromatic heterocycles. The number of hydrogen-bond acceptors (Lipinski definition) is 4. The van der Waals surface area contributed by atoms with Gasteiger partial charge in [-0.15, -0.1) is 0 Å². The molecule has 3 aromatic rings. The number of carbonyl (C=O) groups excluding carboxylic acids is 1. The van der Waals surface area contributed by atoms with Crippen LogP contribution in [0.15, 0.2) is 61.2 Å². The Morgan fingerprint density at radius 2 is 1.85 bits per heavy atom. The number of nitrogens with zero attached hydrogens (tertiary/aromatic N) is 4. The first-order valence-corrected chi connectivity index (χ1v) is 8.86. The normalized spacial score (nSPS) is 14.9. The highest BCUT2D eigenvalue weighted by Crippen LogP contribution is 2.26. The van der Waals surface area contributed by atoms with Gasteiger partial charge in [-0.2, -0.15) is 5.10 Å². The molecule has 0 unspecified atom stereocenters. The lowest BCUT2D eigenvalue weighted by atomic mass is 10.1. The van der Waals surface area contributed by atoms with Gasteiger partial charge in [0.15, 0.2) is 5.75 Å². The van der Waals surface area contributed by atoms with E-state index in [9.17, 15) is 9.18 Å². The fourth-order valence-corrected chi connectivity index (χ4v) is 3.21. The van der Waals surface area contributed by atoms with Crippen LogP contribution in [-0.2, 0) is 0 Å². The molecule has 138 valence electrons. The molecule has 7 heteroatoms. The van der Waals surface area contributed by atoms with Crippen molar-refractivity contribution < 1.29 is 13.9 Å². The highest BCUT2D eigenvalue weighted by molar-refractivity contribution is 5.70. The lowest BCUT2D eigenvalue weighted by molar-refractivity contribution is 0.130. The molecule has 6 nitrogen and oxygen atoms in total. The molecule has 0 N–H and O–H groups in total. The van der Waals surface area contributed by atoms with Gasteiger partial charge >= 0.3 is 6.09 Å². The standard InChI is InChI=1S/C20H19FN4O2/c21-17-5-3-15(4-6-17)16-12-23-25(14-16)18-7-10-24(11-8-18)20(26)27-19-2-1-9-22-13-19/h1-6,9,12-14,18H,7-8,10-11H2. The van der Waals surface area contributed by atoms with Crippen molar-refractivity contribution in [3.63, 3.8) is 0 Å². The average molecular weight is 366 g/mol. The topological polar surface area (TPSA) is 60.2 Å². The summed E-state index contributed by atoms with van der Waals surface area (Å²) in [5, 5.41) is 4.46. The Kier molecular flexibility index (Phi) is 4.82. The van der Waals surface area contributed by atoms with E-state index in [4.69, 9.17) is 4.74 Å². The van der Waals surface area contributed by atoms with E-state index in [0.29, 0.717) is 18.8 Å². The first kappa shape index (κ1) is 17.2. The molecule has 0 aliphatic carbocycles. The summed E-state index contributed by atoms with van der Waals surface area (Å²) in [5.74, 6) is 0.192. The van der Waals surface area contributed by atoms with Gasteiger partial charge in [0.25, 0.3) is 0 Å². The van der Waals surface area contributed by atoms with Crippen LogP contribution in [-0.4, -0.2) is 38.8 Å². The summed E-state index contributed by atoms with van der Waals surface area (Å²) in [6, 6.07) is 10.0. The van der Waals surface area contributed by atoms with Crippen LogP contribution in [0.4, 0.5) is 9.18 Å². The number of ether oxygens (including phenoxy) is 1. The summed E-state index contributed by atoms with van der Waals surface area (Å²) < 4.78 is 20.3. The average Bonchev–Trinajstić information content (AvgIpc) is 3.20. The first-order chi connectivity index (χ1) is 13.2. The van der Waals surface area contributed by atoms with Crippen LogP contribution < -0.4 is 4.74 Å². The van der Waals surface area contributed by atoms with Crippen molar-refractivity contribution in [2.24, 2.45) is 0 Å². The summed E-state index contributed by atoms with van der Waals surface area (Å²) in [5.41, 5.74) is 1.88. The fourth-order valence-electron chi connectivity index (χ4n) is 3.21. The molecule has 1 aliphatic rings. The maximum atomic E-state index is 13.1. The van der Waals surface area contributed by atoms with Crippen LogP contribution in [0.2, 0.25) is 0 Å². The molecular weight excluding hydrogens is 347 g/mol. The van der Waals surface area contributed by atoms with Gasteiger partial charge in [0.1, 0.15) is 5.82 Å². The zero-order valence-electron chi connectivity index (χ0n) is 14.7. The Bertz CT molecular complexity index is 903. The summed E-state index contributed by atoms with van der Waals surface area (Å²) in [4.78, 5) is 17.9. The molecule has 1 aromatic carbocycles. The van der Waals surface area contributed by atoms with Crippen molar-refractivity contribution in [1.82, 2.24) is 19.7 Å². The van der Waals surface area contributed by atoms with E-state index in [1.54, 1.807) is 41.6 Å². The minimum absolute atomic E-state index is 0.224. The highest BCUT2D eigenvalue weighted by atomic mass is 19.1. The number of pyridine rings is 1. The van der Waals surface area contributed by atoms with Crippen LogP contribution in [0.1, 0.15) is 18.9 Å². The smallest absolute Gasteiger partial charge is 0.409 e. The number of benzene rings is 1. The lowest BCUT2D eigenvalue weighted by Gasteiger charge is -2.31. The van der Waals surface area contributed by atoms with Crippen molar-refractivity contribution in [3.8, 4) is 16.9 Å². The van der Waals surface area contributed by atoms with Gasteiger partial charge in [-0.05, 0) is 42.7 Å². The molecule has 1 saturated heterocycles. The molecule has 0 radical (unpaired) electrons. The molecule has 1 amide bonds. The van der Waals surface area contributed by atoms with Gasteiger partial charge in [-0.3, -0.25) is 9.67 Å². The third-order valence-electron chi connectivity index (χ3n) is 4.72. The number of amides is 1. The third-order valence-corrected chi connectivity index (χ3v) is 4.72. The Morgan fingerprint density at radius 1 is 1.07 bits per heavy atom. The number of aromatic nitrogens is 3. The van der Waals surface area contributed by atoms with Crippen LogP contribution >= 0.6 is 0 Å². The maximum absolute atomic E-state index is 13.1. The lowest BCUT2D eigenvalue weighted by Crippen LogP contribution is -2.40. The van der Waals surface area contributed by atoms with Crippen molar-refractivity contribution in [3.05, 3.63) is 67.0 Å². The molecule has 1 fully saturated rings. The van der Waals surface area contributed by atoms with E-state index in [2.05, 4.69) is 10.1 Å². The van der Waals surface area contributed by atoms with Gasteiger partial charge in [-0.1, -0.05) is 12.1 Å². The van der Waals surface area contributed by atoms with E-state index in [0.717, 1.165) is 24.0 Å². The molecule has 3 heterocycles. The van der Waals surface area contributed by atoms with E-state index in [1.165, 1.54) is 18.3 Å². The molecule has 27 heavy (non-hydrogen) atoms. The first-order valence-electron chi connectivity index (χ1n) is 8.86. The second-order valence-corrected chi connectivity index (χ2v) is 6.49. The minimum atomic E-state index is -0.353. The number of rotatable bonds is 3. The Hall–Kier alpha value is -3.22. The van der Waals surface area contributed by atoms with E-state index < -0.39 is 0 Å². The number of likely N-dealkylation sites (tertiary alicyclic amines) is 1.